The lowest BCUT2D eigenvalue weighted by molar-refractivity contribution is -0.137. The molecule has 9 heteroatoms. The Balaban J connectivity index is 1.94. The molecule has 0 saturated carbocycles. The summed E-state index contributed by atoms with van der Waals surface area (Å²) in [5.41, 5.74) is -0.866. The molecule has 1 aromatic rings. The van der Waals surface area contributed by atoms with E-state index in [4.69, 9.17) is 11.6 Å². The fraction of sp³-hybridized carbons (Fsp3) is 0.600. The van der Waals surface area contributed by atoms with E-state index in [0.29, 0.717) is 44.8 Å². The van der Waals surface area contributed by atoms with Crippen LogP contribution in [0.3, 0.4) is 0 Å². The molecule has 0 bridgehead atoms. The Kier molecular flexibility index (Phi) is 6.28. The van der Waals surface area contributed by atoms with Crippen LogP contribution in [0.1, 0.15) is 18.4 Å². The summed E-state index contributed by atoms with van der Waals surface area (Å²) < 4.78 is 37.9. The maximum Gasteiger partial charge on any atom is 0.417 e. The van der Waals surface area contributed by atoms with Crippen molar-refractivity contribution in [2.75, 3.05) is 38.1 Å². The first-order chi connectivity index (χ1) is 11.3. The Morgan fingerprint density at radius 2 is 2.04 bits per heavy atom. The normalized spacial score (nSPS) is 16.3. The molecule has 0 aromatic carbocycles. The molecular formula is C15H20ClF3N4O. The number of carbonyl (C=O) groups is 1. The first-order valence-corrected chi connectivity index (χ1v) is 8.10. The summed E-state index contributed by atoms with van der Waals surface area (Å²) in [6.07, 6.45) is -2.44. The first-order valence-electron chi connectivity index (χ1n) is 7.73. The zero-order valence-electron chi connectivity index (χ0n) is 13.3. The number of likely N-dealkylation sites (N-methyl/N-ethyl adjacent to an activating group) is 1. The maximum atomic E-state index is 12.6. The molecule has 1 aliphatic rings. The predicted octanol–water partition coefficient (Wildman–Crippen LogP) is 2.31. The maximum absolute atomic E-state index is 12.6. The monoisotopic (exact) mass is 364 g/mol. The molecule has 1 aromatic heterocycles. The molecule has 2 rings (SSSR count). The van der Waals surface area contributed by atoms with E-state index in [2.05, 4.69) is 15.6 Å². The van der Waals surface area contributed by atoms with Gasteiger partial charge < -0.3 is 15.5 Å². The second-order valence-corrected chi connectivity index (χ2v) is 6.09. The zero-order chi connectivity index (χ0) is 17.7. The summed E-state index contributed by atoms with van der Waals surface area (Å²) in [4.78, 5) is 17.7. The van der Waals surface area contributed by atoms with Crippen LogP contribution < -0.4 is 15.5 Å². The van der Waals surface area contributed by atoms with Crippen molar-refractivity contribution in [1.29, 1.82) is 0 Å². The van der Waals surface area contributed by atoms with Crippen LogP contribution in [0, 0.1) is 5.92 Å². The van der Waals surface area contributed by atoms with Gasteiger partial charge in [-0.2, -0.15) is 13.2 Å². The fourth-order valence-electron chi connectivity index (χ4n) is 2.63. The van der Waals surface area contributed by atoms with E-state index in [1.165, 1.54) is 0 Å². The topological polar surface area (TPSA) is 57.3 Å². The predicted molar refractivity (Wildman–Crippen MR) is 86.1 cm³/mol. The number of rotatable bonds is 5. The average molecular weight is 365 g/mol. The van der Waals surface area contributed by atoms with Gasteiger partial charge in [-0.25, -0.2) is 4.98 Å². The van der Waals surface area contributed by atoms with Crippen LogP contribution in [0.25, 0.3) is 0 Å². The minimum Gasteiger partial charge on any atom is -0.355 e. The van der Waals surface area contributed by atoms with Crippen LogP contribution in [0.2, 0.25) is 5.02 Å². The van der Waals surface area contributed by atoms with Gasteiger partial charge in [0.25, 0.3) is 0 Å². The van der Waals surface area contributed by atoms with Gasteiger partial charge >= 0.3 is 6.18 Å². The van der Waals surface area contributed by atoms with Crippen LogP contribution in [-0.4, -0.2) is 44.1 Å². The third-order valence-corrected chi connectivity index (χ3v) is 4.27. The lowest BCUT2D eigenvalue weighted by Gasteiger charge is -2.32. The number of carbonyl (C=O) groups excluding carboxylic acids is 1. The standard InChI is InChI=1S/C15H20ClF3N4O/c1-20-4-5-21-14(24)10-2-6-23(7-3-10)13-12(16)8-11(9-22-13)15(17,18)19/h8-10,20H,2-7H2,1H3,(H,21,24). The highest BCUT2D eigenvalue weighted by atomic mass is 35.5. The smallest absolute Gasteiger partial charge is 0.355 e. The number of nitrogens with one attached hydrogen (secondary N) is 2. The average Bonchev–Trinajstić information content (AvgIpc) is 2.54. The van der Waals surface area contributed by atoms with Gasteiger partial charge in [-0.3, -0.25) is 4.79 Å². The molecular weight excluding hydrogens is 345 g/mol. The van der Waals surface area contributed by atoms with E-state index >= 15 is 0 Å². The Labute approximate surface area is 143 Å². The SMILES string of the molecule is CNCCNC(=O)C1CCN(c2ncc(C(F)(F)F)cc2Cl)CC1. The third-order valence-electron chi connectivity index (χ3n) is 3.99. The van der Waals surface area contributed by atoms with Gasteiger partial charge in [0.05, 0.1) is 10.6 Å². The highest BCUT2D eigenvalue weighted by molar-refractivity contribution is 6.33. The Bertz CT molecular complexity index is 574. The molecule has 0 atom stereocenters. The Morgan fingerprint density at radius 3 is 2.58 bits per heavy atom. The molecule has 1 amide bonds. The number of hydrogen-bond donors (Lipinski definition) is 2. The molecule has 134 valence electrons. The minimum absolute atomic E-state index is 0.0105. The van der Waals surface area contributed by atoms with Crippen molar-refractivity contribution in [1.82, 2.24) is 15.6 Å². The number of anilines is 1. The number of nitrogens with zero attached hydrogens (tertiary/aromatic N) is 2. The lowest BCUT2D eigenvalue weighted by atomic mass is 9.96. The summed E-state index contributed by atoms with van der Waals surface area (Å²) >= 11 is 5.96. The van der Waals surface area contributed by atoms with E-state index in [0.717, 1.165) is 12.3 Å². The van der Waals surface area contributed by atoms with Crippen LogP contribution in [0.4, 0.5) is 19.0 Å². The summed E-state index contributed by atoms with van der Waals surface area (Å²) in [7, 11) is 1.81. The van der Waals surface area contributed by atoms with E-state index in [9.17, 15) is 18.0 Å². The number of pyridine rings is 1. The summed E-state index contributed by atoms with van der Waals surface area (Å²) in [5.74, 6) is 0.251. The first kappa shape index (κ1) is 18.8. The number of amides is 1. The molecule has 5 nitrogen and oxygen atoms in total. The largest absolute Gasteiger partial charge is 0.417 e. The van der Waals surface area contributed by atoms with Crippen molar-refractivity contribution in [3.8, 4) is 0 Å². The Hall–Kier alpha value is -1.54. The Morgan fingerprint density at radius 1 is 1.38 bits per heavy atom. The molecule has 1 saturated heterocycles. The van der Waals surface area contributed by atoms with Gasteiger partial charge in [-0.15, -0.1) is 0 Å². The third kappa shape index (κ3) is 4.73. The van der Waals surface area contributed by atoms with Gasteiger partial charge in [-0.05, 0) is 26.0 Å². The summed E-state index contributed by atoms with van der Waals surface area (Å²) in [6.45, 7) is 2.34. The molecule has 0 aliphatic carbocycles. The molecule has 1 aliphatic heterocycles. The number of halogens is 4. The van der Waals surface area contributed by atoms with Gasteiger partial charge in [-0.1, -0.05) is 11.6 Å². The molecule has 0 unspecified atom stereocenters. The van der Waals surface area contributed by atoms with E-state index in [1.807, 2.05) is 11.9 Å². The highest BCUT2D eigenvalue weighted by Crippen LogP contribution is 2.34. The van der Waals surface area contributed by atoms with Crippen LogP contribution >= 0.6 is 11.6 Å². The van der Waals surface area contributed by atoms with Gasteiger partial charge in [0.15, 0.2) is 0 Å². The van der Waals surface area contributed by atoms with E-state index < -0.39 is 11.7 Å². The van der Waals surface area contributed by atoms with Crippen molar-refractivity contribution in [2.24, 2.45) is 5.92 Å². The lowest BCUT2D eigenvalue weighted by Crippen LogP contribution is -2.42. The number of aromatic nitrogens is 1. The molecule has 1 fully saturated rings. The number of alkyl halides is 3. The molecule has 0 radical (unpaired) electrons. The van der Waals surface area contributed by atoms with Crippen molar-refractivity contribution < 1.29 is 18.0 Å². The fourth-order valence-corrected chi connectivity index (χ4v) is 2.91. The quantitative estimate of drug-likeness (QED) is 0.787. The summed E-state index contributed by atoms with van der Waals surface area (Å²) in [5, 5.41) is 5.78. The van der Waals surface area contributed by atoms with Gasteiger partial charge in [0.2, 0.25) is 5.91 Å². The van der Waals surface area contributed by atoms with Crippen LogP contribution in [0.15, 0.2) is 12.3 Å². The minimum atomic E-state index is -4.46. The molecule has 2 N–H and O–H groups in total. The highest BCUT2D eigenvalue weighted by Gasteiger charge is 2.32. The van der Waals surface area contributed by atoms with Crippen LogP contribution in [-0.2, 0) is 11.0 Å². The van der Waals surface area contributed by atoms with Gasteiger partial charge in [0.1, 0.15) is 5.82 Å². The molecule has 0 spiro atoms. The van der Waals surface area contributed by atoms with Crippen molar-refractivity contribution in [3.05, 3.63) is 22.8 Å². The number of hydrogen-bond acceptors (Lipinski definition) is 4. The van der Waals surface area contributed by atoms with Crippen molar-refractivity contribution in [2.45, 2.75) is 19.0 Å². The zero-order valence-corrected chi connectivity index (χ0v) is 14.0. The van der Waals surface area contributed by atoms with E-state index in [-0.39, 0.29) is 16.8 Å². The van der Waals surface area contributed by atoms with E-state index in [1.54, 1.807) is 0 Å². The molecule has 2 heterocycles. The van der Waals surface area contributed by atoms with Gasteiger partial charge in [0, 0.05) is 38.3 Å². The second-order valence-electron chi connectivity index (χ2n) is 5.68. The summed E-state index contributed by atoms with van der Waals surface area (Å²) in [6, 6.07) is 0.889. The second kappa shape index (κ2) is 8.02. The van der Waals surface area contributed by atoms with Crippen molar-refractivity contribution >= 4 is 23.3 Å². The molecule has 24 heavy (non-hydrogen) atoms. The van der Waals surface area contributed by atoms with Crippen LogP contribution in [0.5, 0.6) is 0 Å². The van der Waals surface area contributed by atoms with Crippen molar-refractivity contribution in [3.63, 3.8) is 0 Å². The number of piperidine rings is 1.